The van der Waals surface area contributed by atoms with Gasteiger partial charge in [0.25, 0.3) is 0 Å². The van der Waals surface area contributed by atoms with Crippen molar-refractivity contribution in [3.05, 3.63) is 78.1 Å². The van der Waals surface area contributed by atoms with Gasteiger partial charge in [0.1, 0.15) is 11.6 Å². The predicted octanol–water partition coefficient (Wildman–Crippen LogP) is 4.98. The molecular formula is C20H15FO2. The van der Waals surface area contributed by atoms with Gasteiger partial charge in [0.05, 0.1) is 7.11 Å². The van der Waals surface area contributed by atoms with Crippen molar-refractivity contribution in [1.29, 1.82) is 0 Å². The molecule has 0 N–H and O–H groups in total. The first-order valence-corrected chi connectivity index (χ1v) is 7.21. The van der Waals surface area contributed by atoms with E-state index in [4.69, 9.17) is 4.74 Å². The van der Waals surface area contributed by atoms with Gasteiger partial charge in [0, 0.05) is 5.56 Å². The van der Waals surface area contributed by atoms with Crippen molar-refractivity contribution < 1.29 is 13.9 Å². The van der Waals surface area contributed by atoms with Gasteiger partial charge in [-0.15, -0.1) is 0 Å². The Morgan fingerprint density at radius 1 is 0.826 bits per heavy atom. The van der Waals surface area contributed by atoms with E-state index in [0.29, 0.717) is 5.56 Å². The SMILES string of the molecule is COc1ccc(-c2cccc(-c3ccc(F)cc3)c2C=O)cc1. The van der Waals surface area contributed by atoms with Crippen LogP contribution in [-0.2, 0) is 0 Å². The molecule has 3 aromatic rings. The zero-order valence-electron chi connectivity index (χ0n) is 12.6. The fourth-order valence-corrected chi connectivity index (χ4v) is 2.60. The molecule has 0 bridgehead atoms. The number of hydrogen-bond acceptors (Lipinski definition) is 2. The molecular weight excluding hydrogens is 291 g/mol. The maximum Gasteiger partial charge on any atom is 0.151 e. The third-order valence-electron chi connectivity index (χ3n) is 3.78. The summed E-state index contributed by atoms with van der Waals surface area (Å²) in [6, 6.07) is 19.3. The summed E-state index contributed by atoms with van der Waals surface area (Å²) in [4.78, 5) is 11.7. The molecule has 0 heterocycles. The van der Waals surface area contributed by atoms with Crippen LogP contribution in [0.4, 0.5) is 4.39 Å². The van der Waals surface area contributed by atoms with Gasteiger partial charge in [-0.05, 0) is 46.5 Å². The lowest BCUT2D eigenvalue weighted by Crippen LogP contribution is -1.93. The molecule has 3 rings (SSSR count). The van der Waals surface area contributed by atoms with Gasteiger partial charge >= 0.3 is 0 Å². The van der Waals surface area contributed by atoms with Crippen molar-refractivity contribution in [1.82, 2.24) is 0 Å². The van der Waals surface area contributed by atoms with E-state index in [9.17, 15) is 9.18 Å². The molecule has 0 aliphatic carbocycles. The highest BCUT2D eigenvalue weighted by Crippen LogP contribution is 2.32. The number of methoxy groups -OCH3 is 1. The molecule has 0 radical (unpaired) electrons. The largest absolute Gasteiger partial charge is 0.497 e. The molecule has 23 heavy (non-hydrogen) atoms. The summed E-state index contributed by atoms with van der Waals surface area (Å²) in [6.07, 6.45) is 0.845. The zero-order chi connectivity index (χ0) is 16.2. The summed E-state index contributed by atoms with van der Waals surface area (Å²) < 4.78 is 18.3. The maximum atomic E-state index is 13.1. The van der Waals surface area contributed by atoms with Crippen LogP contribution >= 0.6 is 0 Å². The molecule has 0 spiro atoms. The van der Waals surface area contributed by atoms with Crippen molar-refractivity contribution in [2.45, 2.75) is 0 Å². The standard InChI is InChI=1S/C20H15FO2/c1-23-17-11-7-15(8-12-17)19-4-2-3-18(20(19)13-22)14-5-9-16(21)10-6-14/h2-13H,1H3. The van der Waals surface area contributed by atoms with Crippen LogP contribution in [0.2, 0.25) is 0 Å². The minimum Gasteiger partial charge on any atom is -0.497 e. The van der Waals surface area contributed by atoms with Gasteiger partial charge in [0.2, 0.25) is 0 Å². The van der Waals surface area contributed by atoms with E-state index in [0.717, 1.165) is 34.3 Å². The van der Waals surface area contributed by atoms with Crippen LogP contribution in [0, 0.1) is 5.82 Å². The number of aldehydes is 1. The zero-order valence-corrected chi connectivity index (χ0v) is 12.6. The first-order chi connectivity index (χ1) is 11.2. The monoisotopic (exact) mass is 306 g/mol. The van der Waals surface area contributed by atoms with Gasteiger partial charge < -0.3 is 4.74 Å². The molecule has 0 saturated carbocycles. The second kappa shape index (κ2) is 6.44. The first-order valence-electron chi connectivity index (χ1n) is 7.21. The van der Waals surface area contributed by atoms with Gasteiger partial charge in [-0.2, -0.15) is 0 Å². The van der Waals surface area contributed by atoms with E-state index in [-0.39, 0.29) is 5.82 Å². The average Bonchev–Trinajstić information content (AvgIpc) is 2.62. The minimum atomic E-state index is -0.298. The molecule has 0 aromatic heterocycles. The fraction of sp³-hybridized carbons (Fsp3) is 0.0500. The van der Waals surface area contributed by atoms with Gasteiger partial charge in [-0.25, -0.2) is 4.39 Å². The Labute approximate surface area is 134 Å². The lowest BCUT2D eigenvalue weighted by atomic mass is 9.92. The van der Waals surface area contributed by atoms with Crippen LogP contribution in [0.15, 0.2) is 66.7 Å². The number of halogens is 1. The number of carbonyl (C=O) groups is 1. The van der Waals surface area contributed by atoms with Crippen LogP contribution in [0.3, 0.4) is 0 Å². The van der Waals surface area contributed by atoms with Crippen molar-refractivity contribution in [2.24, 2.45) is 0 Å². The number of hydrogen-bond donors (Lipinski definition) is 0. The summed E-state index contributed by atoms with van der Waals surface area (Å²) in [7, 11) is 1.61. The molecule has 0 unspecified atom stereocenters. The normalized spacial score (nSPS) is 10.3. The van der Waals surface area contributed by atoms with Crippen LogP contribution < -0.4 is 4.74 Å². The van der Waals surface area contributed by atoms with Gasteiger partial charge in [-0.3, -0.25) is 4.79 Å². The Hall–Kier alpha value is -2.94. The van der Waals surface area contributed by atoms with E-state index >= 15 is 0 Å². The summed E-state index contributed by atoms with van der Waals surface area (Å²) in [5, 5.41) is 0. The molecule has 0 atom stereocenters. The molecule has 0 saturated heterocycles. The molecule has 0 amide bonds. The minimum absolute atomic E-state index is 0.298. The smallest absolute Gasteiger partial charge is 0.151 e. The number of rotatable bonds is 4. The van der Waals surface area contributed by atoms with Crippen molar-refractivity contribution in [2.75, 3.05) is 7.11 Å². The molecule has 0 fully saturated rings. The van der Waals surface area contributed by atoms with Crippen LogP contribution in [0.1, 0.15) is 10.4 Å². The van der Waals surface area contributed by atoms with Gasteiger partial charge in [-0.1, -0.05) is 42.5 Å². The van der Waals surface area contributed by atoms with E-state index in [2.05, 4.69) is 0 Å². The fourth-order valence-electron chi connectivity index (χ4n) is 2.60. The molecule has 2 nitrogen and oxygen atoms in total. The maximum absolute atomic E-state index is 13.1. The third-order valence-corrected chi connectivity index (χ3v) is 3.78. The van der Waals surface area contributed by atoms with E-state index < -0.39 is 0 Å². The van der Waals surface area contributed by atoms with Crippen LogP contribution in [0.25, 0.3) is 22.3 Å². The van der Waals surface area contributed by atoms with Crippen molar-refractivity contribution in [3.8, 4) is 28.0 Å². The topological polar surface area (TPSA) is 26.3 Å². The molecule has 114 valence electrons. The van der Waals surface area contributed by atoms with Crippen molar-refractivity contribution in [3.63, 3.8) is 0 Å². The predicted molar refractivity (Wildman–Crippen MR) is 89.2 cm³/mol. The number of benzene rings is 3. The summed E-state index contributed by atoms with van der Waals surface area (Å²) in [5.74, 6) is 0.462. The second-order valence-corrected chi connectivity index (χ2v) is 5.12. The van der Waals surface area contributed by atoms with Crippen LogP contribution in [0.5, 0.6) is 5.75 Å². The van der Waals surface area contributed by atoms with E-state index in [1.807, 2.05) is 42.5 Å². The Balaban J connectivity index is 2.13. The highest BCUT2D eigenvalue weighted by Gasteiger charge is 2.11. The highest BCUT2D eigenvalue weighted by atomic mass is 19.1. The first kappa shape index (κ1) is 15.0. The lowest BCUT2D eigenvalue weighted by molar-refractivity contribution is 0.112. The number of carbonyl (C=O) groups excluding carboxylic acids is 1. The molecule has 0 aliphatic heterocycles. The molecule has 3 heteroatoms. The van der Waals surface area contributed by atoms with E-state index in [1.54, 1.807) is 19.2 Å². The van der Waals surface area contributed by atoms with Crippen LogP contribution in [-0.4, -0.2) is 13.4 Å². The molecule has 0 aliphatic rings. The third kappa shape index (κ3) is 2.99. The average molecular weight is 306 g/mol. The Kier molecular flexibility index (Phi) is 4.20. The molecule has 3 aromatic carbocycles. The summed E-state index contributed by atoms with van der Waals surface area (Å²) in [5.41, 5.74) is 3.95. The Bertz CT molecular complexity index is 821. The highest BCUT2D eigenvalue weighted by molar-refractivity contribution is 5.96. The lowest BCUT2D eigenvalue weighted by Gasteiger charge is -2.11. The quantitative estimate of drug-likeness (QED) is 0.635. The van der Waals surface area contributed by atoms with Gasteiger partial charge in [0.15, 0.2) is 6.29 Å². The summed E-state index contributed by atoms with van der Waals surface area (Å²) in [6.45, 7) is 0. The Morgan fingerprint density at radius 3 is 1.83 bits per heavy atom. The van der Waals surface area contributed by atoms with E-state index in [1.165, 1.54) is 12.1 Å². The van der Waals surface area contributed by atoms with Crippen molar-refractivity contribution >= 4 is 6.29 Å². The number of ether oxygens (including phenoxy) is 1. The second-order valence-electron chi connectivity index (χ2n) is 5.12. The summed E-state index contributed by atoms with van der Waals surface area (Å²) >= 11 is 0. The Morgan fingerprint density at radius 2 is 1.35 bits per heavy atom.